The molecule has 0 unspecified atom stereocenters. The van der Waals surface area contributed by atoms with Gasteiger partial charge in [-0.2, -0.15) is 5.10 Å². The minimum atomic E-state index is -0.314. The standard InChI is InChI=1S/C24H30N4O4S/c1-24(2,3)20-15-21(28(26-20)17-8-10-18(32-5)11-9-17)25-22(29)16-27(12-13-31-4)23(30)19-7-6-14-33-19/h6-11,14-15H,12-13,16H2,1-5H3,(H,25,29). The summed E-state index contributed by atoms with van der Waals surface area (Å²) >= 11 is 1.34. The summed E-state index contributed by atoms with van der Waals surface area (Å²) in [5.41, 5.74) is 1.41. The summed E-state index contributed by atoms with van der Waals surface area (Å²) in [7, 11) is 3.17. The van der Waals surface area contributed by atoms with Crippen molar-refractivity contribution in [2.24, 2.45) is 0 Å². The van der Waals surface area contributed by atoms with Crippen molar-refractivity contribution in [3.8, 4) is 11.4 Å². The zero-order chi connectivity index (χ0) is 24.0. The van der Waals surface area contributed by atoms with Gasteiger partial charge in [-0.05, 0) is 35.7 Å². The van der Waals surface area contributed by atoms with Gasteiger partial charge in [-0.25, -0.2) is 4.68 Å². The molecule has 2 aromatic heterocycles. The molecule has 1 aromatic carbocycles. The van der Waals surface area contributed by atoms with Gasteiger partial charge in [0.25, 0.3) is 5.91 Å². The summed E-state index contributed by atoms with van der Waals surface area (Å²) < 4.78 is 12.1. The molecule has 33 heavy (non-hydrogen) atoms. The fourth-order valence-electron chi connectivity index (χ4n) is 3.12. The maximum atomic E-state index is 13.0. The maximum Gasteiger partial charge on any atom is 0.264 e. The zero-order valence-corrected chi connectivity index (χ0v) is 20.4. The molecule has 0 bridgehead atoms. The van der Waals surface area contributed by atoms with E-state index in [9.17, 15) is 9.59 Å². The number of amides is 2. The number of rotatable bonds is 9. The van der Waals surface area contributed by atoms with Crippen molar-refractivity contribution < 1.29 is 19.1 Å². The van der Waals surface area contributed by atoms with E-state index in [1.54, 1.807) is 25.0 Å². The van der Waals surface area contributed by atoms with Crippen molar-refractivity contribution in [2.45, 2.75) is 26.2 Å². The molecular weight excluding hydrogens is 440 g/mol. The topological polar surface area (TPSA) is 85.7 Å². The van der Waals surface area contributed by atoms with Crippen LogP contribution in [-0.4, -0.2) is 60.4 Å². The fourth-order valence-corrected chi connectivity index (χ4v) is 3.81. The number of methoxy groups -OCH3 is 2. The number of hydrogen-bond acceptors (Lipinski definition) is 6. The molecule has 0 radical (unpaired) electrons. The third kappa shape index (κ3) is 6.21. The van der Waals surface area contributed by atoms with Crippen LogP contribution in [0.3, 0.4) is 0 Å². The van der Waals surface area contributed by atoms with E-state index in [-0.39, 0.29) is 23.8 Å². The van der Waals surface area contributed by atoms with Gasteiger partial charge in [0, 0.05) is 25.1 Å². The summed E-state index contributed by atoms with van der Waals surface area (Å²) in [5.74, 6) is 0.751. The molecule has 3 aromatic rings. The van der Waals surface area contributed by atoms with Crippen molar-refractivity contribution in [2.75, 3.05) is 39.2 Å². The number of thiophene rings is 1. The molecule has 0 aliphatic rings. The van der Waals surface area contributed by atoms with Crippen LogP contribution in [0.25, 0.3) is 5.69 Å². The lowest BCUT2D eigenvalue weighted by Gasteiger charge is -2.21. The number of ether oxygens (including phenoxy) is 2. The minimum Gasteiger partial charge on any atom is -0.497 e. The van der Waals surface area contributed by atoms with Gasteiger partial charge in [0.15, 0.2) is 0 Å². The number of nitrogens with one attached hydrogen (secondary N) is 1. The maximum absolute atomic E-state index is 13.0. The third-order valence-corrected chi connectivity index (χ3v) is 5.84. The van der Waals surface area contributed by atoms with Gasteiger partial charge in [-0.15, -0.1) is 11.3 Å². The van der Waals surface area contributed by atoms with Gasteiger partial charge >= 0.3 is 0 Å². The number of anilines is 1. The highest BCUT2D eigenvalue weighted by atomic mass is 32.1. The van der Waals surface area contributed by atoms with E-state index in [1.165, 1.54) is 16.2 Å². The number of carbonyl (C=O) groups excluding carboxylic acids is 2. The first-order chi connectivity index (χ1) is 15.7. The van der Waals surface area contributed by atoms with E-state index in [2.05, 4.69) is 26.1 Å². The highest BCUT2D eigenvalue weighted by Gasteiger charge is 2.24. The summed E-state index contributed by atoms with van der Waals surface area (Å²) in [5, 5.41) is 9.50. The Labute approximate surface area is 198 Å². The molecule has 0 aliphatic carbocycles. The first kappa shape index (κ1) is 24.5. The van der Waals surface area contributed by atoms with Gasteiger partial charge in [0.2, 0.25) is 5.91 Å². The molecular formula is C24H30N4O4S. The van der Waals surface area contributed by atoms with Crippen LogP contribution in [-0.2, 0) is 14.9 Å². The number of hydrogen-bond donors (Lipinski definition) is 1. The molecule has 2 heterocycles. The normalized spacial score (nSPS) is 11.3. The molecule has 3 rings (SSSR count). The first-order valence-corrected chi connectivity index (χ1v) is 11.5. The molecule has 0 saturated heterocycles. The van der Waals surface area contributed by atoms with E-state index >= 15 is 0 Å². The van der Waals surface area contributed by atoms with E-state index in [0.717, 1.165) is 17.1 Å². The van der Waals surface area contributed by atoms with Crippen LogP contribution in [0.1, 0.15) is 36.1 Å². The molecule has 9 heteroatoms. The predicted molar refractivity (Wildman–Crippen MR) is 130 cm³/mol. The average Bonchev–Trinajstić information content (AvgIpc) is 3.46. The average molecular weight is 471 g/mol. The second-order valence-corrected chi connectivity index (χ2v) is 9.47. The van der Waals surface area contributed by atoms with Gasteiger partial charge in [0.1, 0.15) is 18.1 Å². The summed E-state index contributed by atoms with van der Waals surface area (Å²) in [6, 6.07) is 12.9. The molecule has 2 amide bonds. The summed E-state index contributed by atoms with van der Waals surface area (Å²) in [6.45, 7) is 6.73. The number of benzene rings is 1. The van der Waals surface area contributed by atoms with E-state index in [1.807, 2.05) is 41.8 Å². The van der Waals surface area contributed by atoms with Crippen molar-refractivity contribution in [1.82, 2.24) is 14.7 Å². The molecule has 8 nitrogen and oxygen atoms in total. The Hall–Kier alpha value is -3.17. The minimum absolute atomic E-state index is 0.0985. The molecule has 0 fully saturated rings. The van der Waals surface area contributed by atoms with E-state index in [4.69, 9.17) is 14.6 Å². The fraction of sp³-hybridized carbons (Fsp3) is 0.375. The molecule has 176 valence electrons. The van der Waals surface area contributed by atoms with E-state index < -0.39 is 0 Å². The molecule has 0 aliphatic heterocycles. The Bertz CT molecular complexity index is 1070. The van der Waals surface area contributed by atoms with Gasteiger partial charge in [0.05, 0.1) is 30.0 Å². The van der Waals surface area contributed by atoms with Crippen molar-refractivity contribution in [3.63, 3.8) is 0 Å². The summed E-state index contributed by atoms with van der Waals surface area (Å²) in [4.78, 5) is 27.9. The van der Waals surface area contributed by atoms with Crippen LogP contribution >= 0.6 is 11.3 Å². The molecule has 1 N–H and O–H groups in total. The number of carbonyl (C=O) groups is 2. The third-order valence-electron chi connectivity index (χ3n) is 4.98. The Kier molecular flexibility index (Phi) is 7.88. The predicted octanol–water partition coefficient (Wildman–Crippen LogP) is 3.97. The zero-order valence-electron chi connectivity index (χ0n) is 19.6. The monoisotopic (exact) mass is 470 g/mol. The Morgan fingerprint density at radius 2 is 1.88 bits per heavy atom. The van der Waals surface area contributed by atoms with Gasteiger partial charge in [-0.3, -0.25) is 9.59 Å². The summed E-state index contributed by atoms with van der Waals surface area (Å²) in [6.07, 6.45) is 0. The van der Waals surface area contributed by atoms with Crippen LogP contribution in [0.15, 0.2) is 47.8 Å². The first-order valence-electron chi connectivity index (χ1n) is 10.6. The number of aromatic nitrogens is 2. The van der Waals surface area contributed by atoms with Crippen molar-refractivity contribution in [1.29, 1.82) is 0 Å². The van der Waals surface area contributed by atoms with Crippen LogP contribution in [0.2, 0.25) is 0 Å². The lowest BCUT2D eigenvalue weighted by Crippen LogP contribution is -2.39. The van der Waals surface area contributed by atoms with Crippen molar-refractivity contribution in [3.05, 3.63) is 58.4 Å². The quantitative estimate of drug-likeness (QED) is 0.512. The molecule has 0 saturated carbocycles. The smallest absolute Gasteiger partial charge is 0.264 e. The molecule has 0 spiro atoms. The Morgan fingerprint density at radius 3 is 2.45 bits per heavy atom. The van der Waals surface area contributed by atoms with Crippen LogP contribution in [0, 0.1) is 0 Å². The second kappa shape index (κ2) is 10.6. The number of nitrogens with zero attached hydrogens (tertiary/aromatic N) is 3. The Balaban J connectivity index is 1.84. The van der Waals surface area contributed by atoms with Crippen molar-refractivity contribution >= 4 is 29.0 Å². The highest BCUT2D eigenvalue weighted by molar-refractivity contribution is 7.12. The van der Waals surface area contributed by atoms with Crippen LogP contribution in [0.4, 0.5) is 5.82 Å². The lowest BCUT2D eigenvalue weighted by molar-refractivity contribution is -0.117. The van der Waals surface area contributed by atoms with E-state index in [0.29, 0.717) is 23.8 Å². The van der Waals surface area contributed by atoms with Crippen LogP contribution in [0.5, 0.6) is 5.75 Å². The largest absolute Gasteiger partial charge is 0.497 e. The lowest BCUT2D eigenvalue weighted by atomic mass is 9.92. The van der Waals surface area contributed by atoms with Crippen LogP contribution < -0.4 is 10.1 Å². The van der Waals surface area contributed by atoms with Gasteiger partial charge in [-0.1, -0.05) is 26.8 Å². The molecule has 0 atom stereocenters. The Morgan fingerprint density at radius 1 is 1.15 bits per heavy atom. The highest BCUT2D eigenvalue weighted by Crippen LogP contribution is 2.27. The second-order valence-electron chi connectivity index (χ2n) is 8.52. The van der Waals surface area contributed by atoms with Gasteiger partial charge < -0.3 is 19.7 Å². The SMILES string of the molecule is COCCN(CC(=O)Nc1cc(C(C)(C)C)nn1-c1ccc(OC)cc1)C(=O)c1cccs1.